The fourth-order valence-corrected chi connectivity index (χ4v) is 0. The molecule has 0 unspecified atom stereocenters. The van der Waals surface area contributed by atoms with Crippen molar-refractivity contribution in [2.45, 2.75) is 6.92 Å². The topological polar surface area (TPSA) is 124 Å². The Morgan fingerprint density at radius 3 is 1.40 bits per heavy atom. The van der Waals surface area contributed by atoms with Crippen LogP contribution < -0.4 is 9.59 Å². The molecule has 0 fully saturated rings. The molecule has 8 heteroatoms. The van der Waals surface area contributed by atoms with E-state index < -0.39 is 15.0 Å². The Kier molecular flexibility index (Phi) is 12.1. The van der Waals surface area contributed by atoms with Gasteiger partial charge in [0.1, 0.15) is 9.05 Å². The van der Waals surface area contributed by atoms with Gasteiger partial charge in [0.2, 0.25) is 0 Å². The normalized spacial score (nSPS) is 8.50. The van der Waals surface area contributed by atoms with Crippen LogP contribution in [0.15, 0.2) is 0 Å². The first-order valence-electron chi connectivity index (χ1n) is 1.78. The van der Waals surface area contributed by atoms with Crippen LogP contribution in [0.1, 0.15) is 6.92 Å². The van der Waals surface area contributed by atoms with Gasteiger partial charge in [0.15, 0.2) is 0 Å². The molecule has 0 bridgehead atoms. The Morgan fingerprint density at radius 2 is 1.40 bits per heavy atom. The van der Waals surface area contributed by atoms with E-state index in [0.717, 1.165) is 6.92 Å². The van der Waals surface area contributed by atoms with Crippen LogP contribution in [0, 0.1) is 0 Å². The number of carboxylic acids is 1. The molecule has 0 aliphatic heterocycles. The largest absolute Gasteiger partial charge is 2.00 e. The second-order valence-corrected chi connectivity index (χ2v) is 2.16. The zero-order chi connectivity index (χ0) is 8.08. The summed E-state index contributed by atoms with van der Waals surface area (Å²) in [4.78, 5) is 40.8. The first-order chi connectivity index (χ1) is 3.73. The van der Waals surface area contributed by atoms with Gasteiger partial charge in [0, 0.05) is 6.92 Å². The SMILES string of the molecule is CC(=O)O.[O-][Si]([O-])(O)O.[Zn+2]. The Bertz CT molecular complexity index is 78.2. The molecule has 0 saturated heterocycles. The maximum atomic E-state index is 9.00. The third-order valence-corrected chi connectivity index (χ3v) is 0. The zero-order valence-electron chi connectivity index (χ0n) is 5.27. The van der Waals surface area contributed by atoms with Crippen molar-refractivity contribution in [3.8, 4) is 0 Å². The van der Waals surface area contributed by atoms with Crippen molar-refractivity contribution >= 4 is 15.0 Å². The molecular formula is C2H6O6SiZn. The molecule has 56 valence electrons. The van der Waals surface area contributed by atoms with E-state index >= 15 is 0 Å². The minimum absolute atomic E-state index is 0. The predicted molar refractivity (Wildman–Crippen MR) is 23.5 cm³/mol. The third kappa shape index (κ3) is 18500. The fourth-order valence-electron chi connectivity index (χ4n) is 0. The molecule has 0 aromatic heterocycles. The summed E-state index contributed by atoms with van der Waals surface area (Å²) in [6.45, 7) is 1.08. The van der Waals surface area contributed by atoms with E-state index in [9.17, 15) is 0 Å². The van der Waals surface area contributed by atoms with Gasteiger partial charge in [-0.25, -0.2) is 0 Å². The summed E-state index contributed by atoms with van der Waals surface area (Å²) in [6.07, 6.45) is 0. The van der Waals surface area contributed by atoms with E-state index in [1.54, 1.807) is 0 Å². The van der Waals surface area contributed by atoms with Gasteiger partial charge in [0.05, 0.1) is 0 Å². The maximum Gasteiger partial charge on any atom is 2.00 e. The average Bonchev–Trinajstić information content (AvgIpc) is 1.19. The third-order valence-electron chi connectivity index (χ3n) is 0. The van der Waals surface area contributed by atoms with Crippen LogP contribution in [0.3, 0.4) is 0 Å². The van der Waals surface area contributed by atoms with Gasteiger partial charge >= 0.3 is 19.5 Å². The van der Waals surface area contributed by atoms with Gasteiger partial charge in [-0.15, -0.1) is 0 Å². The van der Waals surface area contributed by atoms with Gasteiger partial charge in [-0.2, -0.15) is 0 Å². The summed E-state index contributed by atoms with van der Waals surface area (Å²) in [6, 6.07) is 0. The summed E-state index contributed by atoms with van der Waals surface area (Å²) in [5.41, 5.74) is 0. The number of aliphatic carboxylic acids is 1. The molecule has 10 heavy (non-hydrogen) atoms. The molecular weight excluding hydrogens is 213 g/mol. The van der Waals surface area contributed by atoms with Crippen LogP contribution in [-0.4, -0.2) is 29.7 Å². The molecule has 0 spiro atoms. The molecule has 0 aromatic carbocycles. The Hall–Kier alpha value is 0.150. The minimum Gasteiger partial charge on any atom is -0.828 e. The van der Waals surface area contributed by atoms with Crippen molar-refractivity contribution < 1.29 is 48.6 Å². The van der Waals surface area contributed by atoms with Gasteiger partial charge in [0.25, 0.3) is 5.97 Å². The number of carboxylic acid groups (broad SMARTS) is 1. The first-order valence-corrected chi connectivity index (χ1v) is 3.49. The molecule has 0 rings (SSSR count). The van der Waals surface area contributed by atoms with E-state index in [1.807, 2.05) is 0 Å². The van der Waals surface area contributed by atoms with Crippen LogP contribution in [0.2, 0.25) is 0 Å². The Morgan fingerprint density at radius 1 is 1.40 bits per heavy atom. The van der Waals surface area contributed by atoms with Gasteiger partial charge in [-0.05, 0) is 0 Å². The second kappa shape index (κ2) is 7.26. The zero-order valence-corrected chi connectivity index (χ0v) is 9.24. The van der Waals surface area contributed by atoms with Crippen molar-refractivity contribution in [1.29, 1.82) is 0 Å². The molecule has 0 atom stereocenters. The average molecular weight is 220 g/mol. The van der Waals surface area contributed by atoms with Crippen LogP contribution in [0.5, 0.6) is 0 Å². The molecule has 0 aliphatic rings. The van der Waals surface area contributed by atoms with Crippen molar-refractivity contribution in [3.05, 3.63) is 0 Å². The standard InChI is InChI=1S/C2H4O2.H2O4Si.Zn/c1-2(3)4;1-5(2,3)4;/h1H3,(H,3,4);1-2H;/q;-2;+2. The molecule has 0 amide bonds. The molecule has 0 radical (unpaired) electrons. The van der Waals surface area contributed by atoms with Crippen molar-refractivity contribution in [2.75, 3.05) is 0 Å². The molecule has 0 heterocycles. The van der Waals surface area contributed by atoms with Crippen molar-refractivity contribution in [3.63, 3.8) is 0 Å². The van der Waals surface area contributed by atoms with Crippen LogP contribution >= 0.6 is 0 Å². The smallest absolute Gasteiger partial charge is 0.828 e. The summed E-state index contributed by atoms with van der Waals surface area (Å²) in [5, 5.41) is 7.42. The summed E-state index contributed by atoms with van der Waals surface area (Å²) in [7, 11) is -5.11. The van der Waals surface area contributed by atoms with Gasteiger partial charge < -0.3 is 24.3 Å². The second-order valence-electron chi connectivity index (χ2n) is 1.07. The predicted octanol–water partition coefficient (Wildman–Crippen LogP) is -3.78. The fraction of sp³-hybridized carbons (Fsp3) is 0.500. The van der Waals surface area contributed by atoms with Gasteiger partial charge in [-0.3, -0.25) is 4.79 Å². The minimum atomic E-state index is -5.11. The number of carbonyl (C=O) groups is 1. The number of hydrogen-bond donors (Lipinski definition) is 3. The molecule has 3 N–H and O–H groups in total. The van der Waals surface area contributed by atoms with E-state index in [0.29, 0.717) is 0 Å². The van der Waals surface area contributed by atoms with Gasteiger partial charge in [-0.1, -0.05) is 0 Å². The van der Waals surface area contributed by atoms with Crippen molar-refractivity contribution in [2.24, 2.45) is 0 Å². The quantitative estimate of drug-likeness (QED) is 0.359. The Labute approximate surface area is 71.0 Å². The van der Waals surface area contributed by atoms with E-state index in [2.05, 4.69) is 0 Å². The van der Waals surface area contributed by atoms with Crippen LogP contribution in [-0.2, 0) is 24.3 Å². The summed E-state index contributed by atoms with van der Waals surface area (Å²) < 4.78 is 0. The number of rotatable bonds is 0. The molecule has 6 nitrogen and oxygen atoms in total. The maximum absolute atomic E-state index is 9.00. The molecule has 0 aromatic rings. The number of hydrogen-bond acceptors (Lipinski definition) is 5. The van der Waals surface area contributed by atoms with Crippen molar-refractivity contribution in [1.82, 2.24) is 0 Å². The van der Waals surface area contributed by atoms with E-state index in [4.69, 9.17) is 29.1 Å². The van der Waals surface area contributed by atoms with Crippen LogP contribution in [0.25, 0.3) is 0 Å². The summed E-state index contributed by atoms with van der Waals surface area (Å²) in [5.74, 6) is -0.833. The molecule has 0 aliphatic carbocycles. The Balaban J connectivity index is -0.0000000910. The monoisotopic (exact) mass is 218 g/mol. The van der Waals surface area contributed by atoms with E-state index in [1.165, 1.54) is 0 Å². The van der Waals surface area contributed by atoms with Crippen LogP contribution in [0.4, 0.5) is 0 Å². The first kappa shape index (κ1) is 16.6. The summed E-state index contributed by atoms with van der Waals surface area (Å²) >= 11 is 0. The molecule has 0 saturated carbocycles. The van der Waals surface area contributed by atoms with E-state index in [-0.39, 0.29) is 19.5 Å².